The summed E-state index contributed by atoms with van der Waals surface area (Å²) in [4.78, 5) is 28.9. The SMILES string of the molecule is COCn1c(-c2ccc(C)cc2)nc2scc(C(=O)O)c2c1=O. The van der Waals surface area contributed by atoms with Gasteiger partial charge >= 0.3 is 5.97 Å². The second-order valence-electron chi connectivity index (χ2n) is 5.09. The van der Waals surface area contributed by atoms with E-state index in [4.69, 9.17) is 4.74 Å². The van der Waals surface area contributed by atoms with Gasteiger partial charge in [0, 0.05) is 18.1 Å². The van der Waals surface area contributed by atoms with E-state index in [1.807, 2.05) is 31.2 Å². The highest BCUT2D eigenvalue weighted by Gasteiger charge is 2.20. The van der Waals surface area contributed by atoms with Gasteiger partial charge in [-0.15, -0.1) is 11.3 Å². The van der Waals surface area contributed by atoms with Crippen molar-refractivity contribution in [1.82, 2.24) is 9.55 Å². The molecule has 0 fully saturated rings. The molecule has 0 aliphatic rings. The number of aromatic nitrogens is 2. The van der Waals surface area contributed by atoms with Crippen molar-refractivity contribution >= 4 is 27.5 Å². The van der Waals surface area contributed by atoms with Gasteiger partial charge in [0.1, 0.15) is 17.4 Å². The third-order valence-corrected chi connectivity index (χ3v) is 4.36. The van der Waals surface area contributed by atoms with Crippen LogP contribution in [0, 0.1) is 6.92 Å². The standard InChI is InChI=1S/C16H14N2O4S/c1-9-3-5-10(6-4-9)13-17-14-12(11(7-23-14)16(20)21)15(19)18(13)8-22-2/h3-7H,8H2,1-2H3,(H,20,21). The molecule has 7 heteroatoms. The Labute approximate surface area is 135 Å². The molecule has 1 N–H and O–H groups in total. The molecule has 3 rings (SSSR count). The number of carbonyl (C=O) groups is 1. The minimum absolute atomic E-state index is 0.000110. The van der Waals surface area contributed by atoms with E-state index in [-0.39, 0.29) is 17.7 Å². The Hall–Kier alpha value is -2.51. The van der Waals surface area contributed by atoms with Gasteiger partial charge in [0.05, 0.1) is 10.9 Å². The third-order valence-electron chi connectivity index (χ3n) is 3.49. The molecule has 0 spiro atoms. The number of aromatic carboxylic acids is 1. The Morgan fingerprint density at radius 3 is 2.65 bits per heavy atom. The number of nitrogens with zero attached hydrogens (tertiary/aromatic N) is 2. The highest BCUT2D eigenvalue weighted by molar-refractivity contribution is 7.17. The number of thiophene rings is 1. The van der Waals surface area contributed by atoms with Crippen LogP contribution in [-0.4, -0.2) is 27.7 Å². The van der Waals surface area contributed by atoms with Gasteiger partial charge in [0.2, 0.25) is 0 Å². The summed E-state index contributed by atoms with van der Waals surface area (Å²) in [6, 6.07) is 7.61. The molecule has 3 aromatic rings. The minimum atomic E-state index is -1.14. The first kappa shape index (κ1) is 15.4. The fourth-order valence-corrected chi connectivity index (χ4v) is 3.26. The van der Waals surface area contributed by atoms with Gasteiger partial charge in [-0.25, -0.2) is 9.78 Å². The Bertz CT molecular complexity index is 941. The van der Waals surface area contributed by atoms with Crippen molar-refractivity contribution in [3.05, 3.63) is 51.1 Å². The van der Waals surface area contributed by atoms with Gasteiger partial charge in [0.25, 0.3) is 5.56 Å². The molecule has 0 atom stereocenters. The number of hydrogen-bond donors (Lipinski definition) is 1. The zero-order valence-corrected chi connectivity index (χ0v) is 13.4. The summed E-state index contributed by atoms with van der Waals surface area (Å²) in [6.07, 6.45) is 0. The van der Waals surface area contributed by atoms with Crippen molar-refractivity contribution in [2.24, 2.45) is 0 Å². The molecule has 118 valence electrons. The van der Waals surface area contributed by atoms with E-state index >= 15 is 0 Å². The number of fused-ring (bicyclic) bond motifs is 1. The second-order valence-corrected chi connectivity index (χ2v) is 5.95. The van der Waals surface area contributed by atoms with Crippen LogP contribution < -0.4 is 5.56 Å². The average molecular weight is 330 g/mol. The predicted octanol–water partition coefficient (Wildman–Crippen LogP) is 2.74. The van der Waals surface area contributed by atoms with Crippen LogP contribution in [0.3, 0.4) is 0 Å². The van der Waals surface area contributed by atoms with Gasteiger partial charge in [-0.05, 0) is 6.92 Å². The molecular formula is C16H14N2O4S. The quantitative estimate of drug-likeness (QED) is 0.795. The number of rotatable bonds is 4. The Kier molecular flexibility index (Phi) is 3.97. The van der Waals surface area contributed by atoms with Crippen molar-refractivity contribution < 1.29 is 14.6 Å². The molecule has 23 heavy (non-hydrogen) atoms. The zero-order valence-electron chi connectivity index (χ0n) is 12.6. The topological polar surface area (TPSA) is 81.4 Å². The van der Waals surface area contributed by atoms with Crippen LogP contribution in [0.5, 0.6) is 0 Å². The molecule has 1 aromatic carbocycles. The van der Waals surface area contributed by atoms with Crippen LogP contribution in [0.4, 0.5) is 0 Å². The second kappa shape index (κ2) is 5.94. The van der Waals surface area contributed by atoms with Crippen LogP contribution >= 0.6 is 11.3 Å². The normalized spacial score (nSPS) is 11.0. The molecule has 0 unspecified atom stereocenters. The molecule has 0 radical (unpaired) electrons. The number of aryl methyl sites for hydroxylation is 1. The Morgan fingerprint density at radius 1 is 1.35 bits per heavy atom. The summed E-state index contributed by atoms with van der Waals surface area (Å²) in [5.74, 6) is -0.676. The summed E-state index contributed by atoms with van der Waals surface area (Å²) in [5, 5.41) is 10.8. The highest BCUT2D eigenvalue weighted by atomic mass is 32.1. The maximum absolute atomic E-state index is 12.8. The Balaban J connectivity index is 2.34. The maximum atomic E-state index is 12.8. The Morgan fingerprint density at radius 2 is 2.04 bits per heavy atom. The summed E-state index contributed by atoms with van der Waals surface area (Å²) < 4.78 is 6.45. The molecule has 2 heterocycles. The lowest BCUT2D eigenvalue weighted by molar-refractivity contribution is 0.0699. The molecular weight excluding hydrogens is 316 g/mol. The molecule has 0 aliphatic heterocycles. The fraction of sp³-hybridized carbons (Fsp3) is 0.188. The molecule has 0 aliphatic carbocycles. The molecule has 0 saturated heterocycles. The largest absolute Gasteiger partial charge is 0.478 e. The first-order valence-corrected chi connectivity index (χ1v) is 7.72. The van der Waals surface area contributed by atoms with Gasteiger partial charge in [-0.2, -0.15) is 0 Å². The van der Waals surface area contributed by atoms with E-state index in [2.05, 4.69) is 4.98 Å². The van der Waals surface area contributed by atoms with Crippen LogP contribution in [-0.2, 0) is 11.5 Å². The van der Waals surface area contributed by atoms with E-state index in [9.17, 15) is 14.7 Å². The number of carboxylic acid groups (broad SMARTS) is 1. The fourth-order valence-electron chi connectivity index (χ4n) is 2.35. The lowest BCUT2D eigenvalue weighted by Crippen LogP contribution is -2.24. The first-order chi connectivity index (χ1) is 11.0. The van der Waals surface area contributed by atoms with E-state index in [0.29, 0.717) is 10.7 Å². The van der Waals surface area contributed by atoms with Crippen LogP contribution in [0.25, 0.3) is 21.6 Å². The van der Waals surface area contributed by atoms with Crippen LogP contribution in [0.15, 0.2) is 34.4 Å². The number of ether oxygens (including phenoxy) is 1. The maximum Gasteiger partial charge on any atom is 0.337 e. The van der Waals surface area contributed by atoms with Gasteiger partial charge in [-0.3, -0.25) is 9.36 Å². The number of methoxy groups -OCH3 is 1. The van der Waals surface area contributed by atoms with Gasteiger partial charge in [-0.1, -0.05) is 29.8 Å². The van der Waals surface area contributed by atoms with E-state index in [1.54, 1.807) is 0 Å². The number of carboxylic acids is 1. The van der Waals surface area contributed by atoms with Crippen molar-refractivity contribution in [2.45, 2.75) is 13.7 Å². The lowest BCUT2D eigenvalue weighted by Gasteiger charge is -2.12. The van der Waals surface area contributed by atoms with E-state index < -0.39 is 11.5 Å². The molecule has 0 amide bonds. The smallest absolute Gasteiger partial charge is 0.337 e. The van der Waals surface area contributed by atoms with Crippen LogP contribution in [0.2, 0.25) is 0 Å². The molecule has 6 nitrogen and oxygen atoms in total. The van der Waals surface area contributed by atoms with Gasteiger partial charge < -0.3 is 9.84 Å². The zero-order chi connectivity index (χ0) is 16.6. The third kappa shape index (κ3) is 2.64. The van der Waals surface area contributed by atoms with Crippen LogP contribution in [0.1, 0.15) is 15.9 Å². The monoisotopic (exact) mass is 330 g/mol. The lowest BCUT2D eigenvalue weighted by atomic mass is 10.1. The van der Waals surface area contributed by atoms with E-state index in [0.717, 1.165) is 22.5 Å². The predicted molar refractivity (Wildman–Crippen MR) is 88.0 cm³/mol. The van der Waals surface area contributed by atoms with Crippen molar-refractivity contribution in [1.29, 1.82) is 0 Å². The number of hydrogen-bond acceptors (Lipinski definition) is 5. The van der Waals surface area contributed by atoms with Gasteiger partial charge in [0.15, 0.2) is 0 Å². The summed E-state index contributed by atoms with van der Waals surface area (Å²) in [5.41, 5.74) is 1.44. The van der Waals surface area contributed by atoms with Crippen molar-refractivity contribution in [3.63, 3.8) is 0 Å². The van der Waals surface area contributed by atoms with Crippen molar-refractivity contribution in [3.8, 4) is 11.4 Å². The summed E-state index contributed by atoms with van der Waals surface area (Å²) in [6.45, 7) is 1.97. The van der Waals surface area contributed by atoms with E-state index in [1.165, 1.54) is 17.1 Å². The highest BCUT2D eigenvalue weighted by Crippen LogP contribution is 2.25. The minimum Gasteiger partial charge on any atom is -0.478 e. The van der Waals surface area contributed by atoms with Crippen molar-refractivity contribution in [2.75, 3.05) is 7.11 Å². The summed E-state index contributed by atoms with van der Waals surface area (Å²) >= 11 is 1.15. The molecule has 0 bridgehead atoms. The average Bonchev–Trinajstić information content (AvgIpc) is 2.95. The molecule has 2 aromatic heterocycles. The first-order valence-electron chi connectivity index (χ1n) is 6.84. The molecule has 0 saturated carbocycles. The summed E-state index contributed by atoms with van der Waals surface area (Å²) in [7, 11) is 1.47. The number of benzene rings is 1.